The second-order valence-corrected chi connectivity index (χ2v) is 6.95. The number of nitrogens with zero attached hydrogens (tertiary/aromatic N) is 2. The minimum atomic E-state index is -0.310. The van der Waals surface area contributed by atoms with Crippen LogP contribution in [0.2, 0.25) is 0 Å². The fourth-order valence-electron chi connectivity index (χ4n) is 4.05. The normalized spacial score (nSPS) is 17.7. The van der Waals surface area contributed by atoms with Crippen molar-refractivity contribution in [2.75, 3.05) is 13.1 Å². The van der Waals surface area contributed by atoms with E-state index < -0.39 is 0 Å². The number of para-hydroxylation sites is 1. The number of piperidine rings is 1. The van der Waals surface area contributed by atoms with Crippen molar-refractivity contribution < 1.29 is 9.59 Å². The lowest BCUT2D eigenvalue weighted by Gasteiger charge is -2.31. The number of pyridine rings is 1. The maximum absolute atomic E-state index is 12.9. The minimum absolute atomic E-state index is 0.175. The average Bonchev–Trinajstić information content (AvgIpc) is 2.64. The highest BCUT2D eigenvalue weighted by molar-refractivity contribution is 5.98. The summed E-state index contributed by atoms with van der Waals surface area (Å²) in [6.45, 7) is 1.74. The number of likely N-dealkylation sites (tertiary alicyclic amines) is 1. The van der Waals surface area contributed by atoms with Gasteiger partial charge in [-0.2, -0.15) is 0 Å². The molecule has 0 saturated carbocycles. The Kier molecular flexibility index (Phi) is 3.82. The molecule has 2 aromatic rings. The molecule has 6 nitrogen and oxygen atoms in total. The van der Waals surface area contributed by atoms with Gasteiger partial charge in [0.1, 0.15) is 5.56 Å². The fraction of sp³-hybridized carbons (Fsp3) is 0.421. The van der Waals surface area contributed by atoms with Crippen molar-refractivity contribution in [3.05, 3.63) is 45.7 Å². The summed E-state index contributed by atoms with van der Waals surface area (Å²) in [4.78, 5) is 38.8. The third-order valence-electron chi connectivity index (χ3n) is 5.44. The Morgan fingerprint density at radius 3 is 2.60 bits per heavy atom. The van der Waals surface area contributed by atoms with Gasteiger partial charge in [-0.3, -0.25) is 14.4 Å². The molecule has 0 unspecified atom stereocenters. The van der Waals surface area contributed by atoms with Gasteiger partial charge in [-0.15, -0.1) is 0 Å². The summed E-state index contributed by atoms with van der Waals surface area (Å²) in [5.74, 6) is -0.727. The van der Waals surface area contributed by atoms with Crippen molar-refractivity contribution in [1.29, 1.82) is 0 Å². The second-order valence-electron chi connectivity index (χ2n) is 6.95. The number of hydrogen-bond acceptors (Lipinski definition) is 3. The molecule has 4 rings (SSSR count). The van der Waals surface area contributed by atoms with E-state index in [9.17, 15) is 14.4 Å². The fourth-order valence-corrected chi connectivity index (χ4v) is 4.05. The number of hydrogen-bond donors (Lipinski definition) is 1. The van der Waals surface area contributed by atoms with Crippen molar-refractivity contribution in [2.45, 2.75) is 32.2 Å². The monoisotopic (exact) mass is 339 g/mol. The van der Waals surface area contributed by atoms with Gasteiger partial charge in [0.2, 0.25) is 11.3 Å². The van der Waals surface area contributed by atoms with Crippen LogP contribution in [0.25, 0.3) is 10.9 Å². The molecule has 2 amide bonds. The molecule has 0 radical (unpaired) electrons. The molecule has 0 spiro atoms. The summed E-state index contributed by atoms with van der Waals surface area (Å²) >= 11 is 0. The summed E-state index contributed by atoms with van der Waals surface area (Å²) in [7, 11) is 0. The number of carbonyl (C=O) groups excluding carboxylic acids is 2. The lowest BCUT2D eigenvalue weighted by Crippen LogP contribution is -2.43. The number of aryl methyl sites for hydroxylation is 2. The van der Waals surface area contributed by atoms with Crippen LogP contribution in [0.4, 0.5) is 0 Å². The molecular formula is C19H21N3O3. The van der Waals surface area contributed by atoms with E-state index in [1.807, 2.05) is 16.7 Å². The molecule has 1 aromatic carbocycles. The van der Waals surface area contributed by atoms with Gasteiger partial charge < -0.3 is 15.2 Å². The van der Waals surface area contributed by atoms with Crippen LogP contribution < -0.4 is 11.2 Å². The van der Waals surface area contributed by atoms with Crippen LogP contribution in [-0.2, 0) is 17.8 Å². The van der Waals surface area contributed by atoms with Crippen LogP contribution in [0.3, 0.4) is 0 Å². The molecular weight excluding hydrogens is 318 g/mol. The first-order valence-electron chi connectivity index (χ1n) is 8.80. The SMILES string of the molecule is NC(=O)C1CCN(C(=O)c2cn3c4c(cccc4c2=O)CCC3)CC1. The van der Waals surface area contributed by atoms with Crippen LogP contribution >= 0.6 is 0 Å². The van der Waals surface area contributed by atoms with Gasteiger partial charge in [0.15, 0.2) is 0 Å². The zero-order valence-electron chi connectivity index (χ0n) is 14.0. The number of amides is 2. The third-order valence-corrected chi connectivity index (χ3v) is 5.44. The predicted octanol–water partition coefficient (Wildman–Crippen LogP) is 1.29. The molecule has 3 heterocycles. The topological polar surface area (TPSA) is 85.4 Å². The molecule has 2 aliphatic rings. The Balaban J connectivity index is 1.71. The first-order chi connectivity index (χ1) is 12.1. The molecule has 0 bridgehead atoms. The largest absolute Gasteiger partial charge is 0.369 e. The lowest BCUT2D eigenvalue weighted by molar-refractivity contribution is -0.123. The Hall–Kier alpha value is -2.63. The van der Waals surface area contributed by atoms with Gasteiger partial charge in [-0.05, 0) is 37.3 Å². The van der Waals surface area contributed by atoms with E-state index in [-0.39, 0.29) is 28.7 Å². The summed E-state index contributed by atoms with van der Waals surface area (Å²) in [6.07, 6.45) is 4.81. The number of aromatic nitrogens is 1. The van der Waals surface area contributed by atoms with E-state index in [1.165, 1.54) is 5.56 Å². The van der Waals surface area contributed by atoms with Crippen molar-refractivity contribution in [1.82, 2.24) is 9.47 Å². The molecule has 1 saturated heterocycles. The van der Waals surface area contributed by atoms with Crippen molar-refractivity contribution >= 4 is 22.7 Å². The maximum atomic E-state index is 12.9. The highest BCUT2D eigenvalue weighted by Crippen LogP contribution is 2.24. The summed E-state index contributed by atoms with van der Waals surface area (Å²) in [6, 6.07) is 5.74. The van der Waals surface area contributed by atoms with Crippen molar-refractivity contribution in [2.24, 2.45) is 11.7 Å². The van der Waals surface area contributed by atoms with Crippen molar-refractivity contribution in [3.63, 3.8) is 0 Å². The van der Waals surface area contributed by atoms with Gasteiger partial charge in [0, 0.05) is 37.1 Å². The number of rotatable bonds is 2. The maximum Gasteiger partial charge on any atom is 0.259 e. The molecule has 6 heteroatoms. The Labute approximate surface area is 145 Å². The molecule has 25 heavy (non-hydrogen) atoms. The Bertz CT molecular complexity index is 923. The zero-order valence-corrected chi connectivity index (χ0v) is 14.0. The first kappa shape index (κ1) is 15.9. The van der Waals surface area contributed by atoms with Gasteiger partial charge in [-0.1, -0.05) is 12.1 Å². The Morgan fingerprint density at radius 1 is 1.12 bits per heavy atom. The van der Waals surface area contributed by atoms with E-state index in [0.29, 0.717) is 31.3 Å². The van der Waals surface area contributed by atoms with E-state index in [4.69, 9.17) is 5.73 Å². The number of benzene rings is 1. The van der Waals surface area contributed by atoms with Crippen LogP contribution in [0.1, 0.15) is 35.2 Å². The van der Waals surface area contributed by atoms with Crippen LogP contribution in [0.15, 0.2) is 29.2 Å². The van der Waals surface area contributed by atoms with Crippen molar-refractivity contribution in [3.8, 4) is 0 Å². The van der Waals surface area contributed by atoms with Gasteiger partial charge in [-0.25, -0.2) is 0 Å². The number of carbonyl (C=O) groups is 2. The zero-order chi connectivity index (χ0) is 17.6. The van der Waals surface area contributed by atoms with Gasteiger partial charge >= 0.3 is 0 Å². The molecule has 1 aromatic heterocycles. The molecule has 2 aliphatic heterocycles. The Morgan fingerprint density at radius 2 is 1.88 bits per heavy atom. The second kappa shape index (κ2) is 6.02. The molecule has 0 aliphatic carbocycles. The summed E-state index contributed by atoms with van der Waals surface area (Å²) in [5, 5.41) is 0.620. The van der Waals surface area contributed by atoms with E-state index in [0.717, 1.165) is 24.9 Å². The first-order valence-corrected chi connectivity index (χ1v) is 8.80. The lowest BCUT2D eigenvalue weighted by atomic mass is 9.95. The highest BCUT2D eigenvalue weighted by atomic mass is 16.2. The minimum Gasteiger partial charge on any atom is -0.369 e. The van der Waals surface area contributed by atoms with Crippen LogP contribution in [0.5, 0.6) is 0 Å². The molecule has 0 atom stereocenters. The smallest absolute Gasteiger partial charge is 0.259 e. The average molecular weight is 339 g/mol. The van der Waals surface area contributed by atoms with E-state index in [1.54, 1.807) is 17.2 Å². The number of primary amides is 1. The van der Waals surface area contributed by atoms with Gasteiger partial charge in [0.05, 0.1) is 5.52 Å². The quantitative estimate of drug-likeness (QED) is 0.894. The number of nitrogens with two attached hydrogens (primary N) is 1. The van der Waals surface area contributed by atoms with Gasteiger partial charge in [0.25, 0.3) is 5.91 Å². The summed E-state index contributed by atoms with van der Waals surface area (Å²) in [5.41, 5.74) is 7.51. The molecule has 2 N–H and O–H groups in total. The van der Waals surface area contributed by atoms with E-state index in [2.05, 4.69) is 0 Å². The third kappa shape index (κ3) is 2.62. The highest BCUT2D eigenvalue weighted by Gasteiger charge is 2.28. The standard InChI is InChI=1S/C19H21N3O3/c20-18(24)13-6-9-21(10-7-13)19(25)15-11-22-8-2-4-12-3-1-5-14(16(12)22)17(15)23/h1,3,5,11,13H,2,4,6-10H2,(H2,20,24). The van der Waals surface area contributed by atoms with Crippen LogP contribution in [-0.4, -0.2) is 34.4 Å². The molecule has 1 fully saturated rings. The predicted molar refractivity (Wildman–Crippen MR) is 94.4 cm³/mol. The summed E-state index contributed by atoms with van der Waals surface area (Å²) < 4.78 is 2.04. The van der Waals surface area contributed by atoms with Crippen LogP contribution in [0, 0.1) is 5.92 Å². The van der Waals surface area contributed by atoms with E-state index >= 15 is 0 Å². The molecule has 130 valence electrons.